The zero-order valence-electron chi connectivity index (χ0n) is 6.98. The molecule has 3 N–H and O–H groups in total. The van der Waals surface area contributed by atoms with Gasteiger partial charge in [0, 0.05) is 11.4 Å². The van der Waals surface area contributed by atoms with Crippen molar-refractivity contribution in [2.75, 3.05) is 5.73 Å². The molecule has 0 spiro atoms. The third kappa shape index (κ3) is 1.56. The number of halogens is 1. The normalized spacial score (nSPS) is 9.92. The fourth-order valence-corrected chi connectivity index (χ4v) is 1.42. The highest BCUT2D eigenvalue weighted by atomic mass is 35.5. The number of aromatic nitrogens is 1. The van der Waals surface area contributed by atoms with Crippen LogP contribution in [0.15, 0.2) is 6.07 Å². The van der Waals surface area contributed by atoms with Gasteiger partial charge in [0.1, 0.15) is 5.82 Å². The van der Waals surface area contributed by atoms with E-state index < -0.39 is 0 Å². The summed E-state index contributed by atoms with van der Waals surface area (Å²) in [4.78, 5) is 4.01. The molecule has 0 atom stereocenters. The van der Waals surface area contributed by atoms with E-state index in [9.17, 15) is 0 Å². The lowest BCUT2D eigenvalue weighted by Gasteiger charge is -2.05. The van der Waals surface area contributed by atoms with E-state index in [1.54, 1.807) is 13.0 Å². The lowest BCUT2D eigenvalue weighted by atomic mass is 10.1. The summed E-state index contributed by atoms with van der Waals surface area (Å²) in [7, 11) is 0. The van der Waals surface area contributed by atoms with E-state index in [1.807, 2.05) is 6.92 Å². The molecule has 1 aromatic rings. The average molecular weight is 184 g/mol. The molecular formula is C8H10ClN3. The summed E-state index contributed by atoms with van der Waals surface area (Å²) in [6.45, 7) is 3.44. The van der Waals surface area contributed by atoms with Crippen LogP contribution in [0.2, 0.25) is 5.02 Å². The molecule has 0 aliphatic carbocycles. The predicted molar refractivity (Wildman–Crippen MR) is 50.9 cm³/mol. The first-order valence-corrected chi connectivity index (χ1v) is 3.88. The number of nitrogens with one attached hydrogen (secondary N) is 1. The molecule has 0 amide bonds. The Hall–Kier alpha value is -1.09. The number of rotatable bonds is 1. The molecule has 0 unspecified atom stereocenters. The van der Waals surface area contributed by atoms with Gasteiger partial charge in [0.05, 0.1) is 10.6 Å². The smallest absolute Gasteiger partial charge is 0.134 e. The van der Waals surface area contributed by atoms with E-state index in [0.717, 1.165) is 5.69 Å². The zero-order valence-corrected chi connectivity index (χ0v) is 7.74. The van der Waals surface area contributed by atoms with Crippen molar-refractivity contribution >= 4 is 23.1 Å². The molecule has 4 heteroatoms. The number of nitrogens with zero attached hydrogens (tertiary/aromatic N) is 1. The van der Waals surface area contributed by atoms with Gasteiger partial charge in [-0.25, -0.2) is 4.98 Å². The van der Waals surface area contributed by atoms with Gasteiger partial charge in [0.15, 0.2) is 0 Å². The largest absolute Gasteiger partial charge is 0.383 e. The number of anilines is 1. The summed E-state index contributed by atoms with van der Waals surface area (Å²) in [6, 6.07) is 1.70. The molecule has 0 bridgehead atoms. The maximum atomic E-state index is 7.38. The molecule has 1 aromatic heterocycles. The standard InChI is InChI=1S/C8H10ClN3/c1-4-3-6(9)7(5(2)10)8(11)12-4/h3,10H,1-2H3,(H2,11,12). The van der Waals surface area contributed by atoms with Crippen LogP contribution >= 0.6 is 11.6 Å². The quantitative estimate of drug-likeness (QED) is 0.655. The third-order valence-corrected chi connectivity index (χ3v) is 1.80. The second kappa shape index (κ2) is 3.11. The summed E-state index contributed by atoms with van der Waals surface area (Å²) in [5, 5.41) is 7.88. The van der Waals surface area contributed by atoms with Gasteiger partial charge in [-0.15, -0.1) is 0 Å². The van der Waals surface area contributed by atoms with Crippen molar-refractivity contribution in [3.8, 4) is 0 Å². The second-order valence-electron chi connectivity index (χ2n) is 2.63. The number of nitrogen functional groups attached to an aromatic ring is 1. The molecule has 0 fully saturated rings. The maximum Gasteiger partial charge on any atom is 0.134 e. The predicted octanol–water partition coefficient (Wildman–Crippen LogP) is 2.01. The maximum absolute atomic E-state index is 7.38. The monoisotopic (exact) mass is 183 g/mol. The lowest BCUT2D eigenvalue weighted by Crippen LogP contribution is -2.04. The lowest BCUT2D eigenvalue weighted by molar-refractivity contribution is 1.20. The Bertz CT molecular complexity index is 310. The topological polar surface area (TPSA) is 62.8 Å². The van der Waals surface area contributed by atoms with Crippen LogP contribution in [0.3, 0.4) is 0 Å². The molecule has 1 rings (SSSR count). The Labute approximate surface area is 76.1 Å². The molecule has 1 heterocycles. The van der Waals surface area contributed by atoms with Crippen LogP contribution in [0.5, 0.6) is 0 Å². The van der Waals surface area contributed by atoms with Crippen LogP contribution in [-0.4, -0.2) is 10.7 Å². The first kappa shape index (κ1) is 9.00. The Morgan fingerprint density at radius 3 is 2.67 bits per heavy atom. The molecule has 0 aliphatic heterocycles. The minimum absolute atomic E-state index is 0.326. The van der Waals surface area contributed by atoms with Gasteiger partial charge in [-0.1, -0.05) is 11.6 Å². The minimum atomic E-state index is 0.326. The van der Waals surface area contributed by atoms with Crippen LogP contribution in [0.25, 0.3) is 0 Å². The summed E-state index contributed by atoms with van der Waals surface area (Å²) in [5.41, 5.74) is 7.22. The van der Waals surface area contributed by atoms with Gasteiger partial charge in [-0.3, -0.25) is 0 Å². The Morgan fingerprint density at radius 1 is 1.67 bits per heavy atom. The van der Waals surface area contributed by atoms with Gasteiger partial charge < -0.3 is 11.1 Å². The van der Waals surface area contributed by atoms with E-state index >= 15 is 0 Å². The van der Waals surface area contributed by atoms with Gasteiger partial charge in [-0.2, -0.15) is 0 Å². The molecule has 0 aromatic carbocycles. The number of pyridine rings is 1. The van der Waals surface area contributed by atoms with Crippen LogP contribution in [0.4, 0.5) is 5.82 Å². The van der Waals surface area contributed by atoms with Crippen LogP contribution < -0.4 is 5.73 Å². The highest BCUT2D eigenvalue weighted by Crippen LogP contribution is 2.21. The van der Waals surface area contributed by atoms with Crippen molar-refractivity contribution in [1.82, 2.24) is 4.98 Å². The first-order chi connectivity index (χ1) is 5.52. The second-order valence-corrected chi connectivity index (χ2v) is 3.04. The molecule has 0 radical (unpaired) electrons. The zero-order chi connectivity index (χ0) is 9.30. The molecule has 64 valence electrons. The van der Waals surface area contributed by atoms with Crippen molar-refractivity contribution in [2.45, 2.75) is 13.8 Å². The highest BCUT2D eigenvalue weighted by Gasteiger charge is 2.08. The fraction of sp³-hybridized carbons (Fsp3) is 0.250. The number of hydrogen-bond acceptors (Lipinski definition) is 3. The Morgan fingerprint density at radius 2 is 2.25 bits per heavy atom. The van der Waals surface area contributed by atoms with Crippen molar-refractivity contribution in [3.05, 3.63) is 22.3 Å². The van der Waals surface area contributed by atoms with Crippen molar-refractivity contribution in [2.24, 2.45) is 0 Å². The first-order valence-electron chi connectivity index (χ1n) is 3.50. The van der Waals surface area contributed by atoms with E-state index in [2.05, 4.69) is 4.98 Å². The van der Waals surface area contributed by atoms with Crippen LogP contribution in [-0.2, 0) is 0 Å². The van der Waals surface area contributed by atoms with Gasteiger partial charge in [-0.05, 0) is 19.9 Å². The Kier molecular flexibility index (Phi) is 2.33. The Balaban J connectivity index is 3.38. The van der Waals surface area contributed by atoms with Crippen LogP contribution in [0, 0.1) is 12.3 Å². The van der Waals surface area contributed by atoms with E-state index in [-0.39, 0.29) is 0 Å². The number of aryl methyl sites for hydroxylation is 1. The van der Waals surface area contributed by atoms with Crippen molar-refractivity contribution < 1.29 is 0 Å². The van der Waals surface area contributed by atoms with E-state index in [0.29, 0.717) is 22.1 Å². The van der Waals surface area contributed by atoms with Crippen LogP contribution in [0.1, 0.15) is 18.2 Å². The molecular weight excluding hydrogens is 174 g/mol. The van der Waals surface area contributed by atoms with Crippen molar-refractivity contribution in [3.63, 3.8) is 0 Å². The number of nitrogens with two attached hydrogens (primary N) is 1. The summed E-state index contributed by atoms with van der Waals surface area (Å²) in [5.74, 6) is 0.326. The van der Waals surface area contributed by atoms with Gasteiger partial charge >= 0.3 is 0 Å². The molecule has 0 aliphatic rings. The van der Waals surface area contributed by atoms with Gasteiger partial charge in [0.2, 0.25) is 0 Å². The molecule has 3 nitrogen and oxygen atoms in total. The summed E-state index contributed by atoms with van der Waals surface area (Å²) >= 11 is 5.87. The fourth-order valence-electron chi connectivity index (χ4n) is 1.03. The van der Waals surface area contributed by atoms with E-state index in [1.165, 1.54) is 0 Å². The highest BCUT2D eigenvalue weighted by molar-refractivity contribution is 6.34. The van der Waals surface area contributed by atoms with E-state index in [4.69, 9.17) is 22.7 Å². The third-order valence-electron chi connectivity index (χ3n) is 1.50. The molecule has 0 saturated heterocycles. The summed E-state index contributed by atoms with van der Waals surface area (Å²) in [6.07, 6.45) is 0. The molecule has 0 saturated carbocycles. The minimum Gasteiger partial charge on any atom is -0.383 e. The SMILES string of the molecule is CC(=N)c1c(Cl)cc(C)nc1N. The molecule has 12 heavy (non-hydrogen) atoms. The number of hydrogen-bond donors (Lipinski definition) is 2. The van der Waals surface area contributed by atoms with Crippen molar-refractivity contribution in [1.29, 1.82) is 5.41 Å². The summed E-state index contributed by atoms with van der Waals surface area (Å²) < 4.78 is 0. The average Bonchev–Trinajstić information content (AvgIpc) is 1.82. The van der Waals surface area contributed by atoms with Gasteiger partial charge in [0.25, 0.3) is 0 Å².